The van der Waals surface area contributed by atoms with E-state index in [0.29, 0.717) is 25.9 Å². The molecule has 3 N–H and O–H groups in total. The Morgan fingerprint density at radius 1 is 1.50 bits per heavy atom. The van der Waals surface area contributed by atoms with Gasteiger partial charge in [-0.25, -0.2) is 9.78 Å². The molecule has 0 bridgehead atoms. The van der Waals surface area contributed by atoms with Gasteiger partial charge < -0.3 is 15.7 Å². The topological polar surface area (TPSA) is 91.3 Å². The minimum Gasteiger partial charge on any atom is -0.481 e. The molecule has 1 heterocycles. The molecule has 2 amide bonds. The van der Waals surface area contributed by atoms with E-state index in [0.717, 1.165) is 5.01 Å². The van der Waals surface area contributed by atoms with Crippen LogP contribution in [0.5, 0.6) is 0 Å². The summed E-state index contributed by atoms with van der Waals surface area (Å²) in [6.45, 7) is 2.54. The van der Waals surface area contributed by atoms with Crippen LogP contribution in [-0.2, 0) is 11.3 Å². The maximum absolute atomic E-state index is 11.4. The Bertz CT molecular complexity index is 381. The number of amides is 2. The van der Waals surface area contributed by atoms with Crippen molar-refractivity contribution in [1.82, 2.24) is 15.6 Å². The first-order valence-electron chi connectivity index (χ1n) is 5.72. The van der Waals surface area contributed by atoms with Crippen LogP contribution in [0.3, 0.4) is 0 Å². The molecule has 0 fully saturated rings. The quantitative estimate of drug-likeness (QED) is 0.654. The molecule has 0 saturated heterocycles. The van der Waals surface area contributed by atoms with Gasteiger partial charge in [-0.05, 0) is 12.8 Å². The third-order valence-electron chi connectivity index (χ3n) is 2.40. The number of nitrogens with one attached hydrogen (secondary N) is 2. The van der Waals surface area contributed by atoms with Crippen LogP contribution in [0.15, 0.2) is 11.6 Å². The monoisotopic (exact) mass is 271 g/mol. The standard InChI is InChI=1S/C11H17N3O3S/c1-8(10(15)16)3-2-4-13-11(17)14-7-9-12-5-6-18-9/h5-6,8H,2-4,7H2,1H3,(H,15,16)(H2,13,14,17). The molecule has 0 aliphatic carbocycles. The zero-order chi connectivity index (χ0) is 13.4. The first-order chi connectivity index (χ1) is 8.59. The van der Waals surface area contributed by atoms with Crippen LogP contribution in [0.4, 0.5) is 4.79 Å². The predicted octanol–water partition coefficient (Wildman–Crippen LogP) is 1.44. The van der Waals surface area contributed by atoms with Gasteiger partial charge in [-0.1, -0.05) is 6.92 Å². The molecule has 18 heavy (non-hydrogen) atoms. The third-order valence-corrected chi connectivity index (χ3v) is 3.18. The van der Waals surface area contributed by atoms with Crippen molar-refractivity contribution in [3.63, 3.8) is 0 Å². The molecular formula is C11H17N3O3S. The molecule has 0 radical (unpaired) electrons. The van der Waals surface area contributed by atoms with Crippen molar-refractivity contribution in [3.8, 4) is 0 Å². The van der Waals surface area contributed by atoms with Crippen LogP contribution < -0.4 is 10.6 Å². The predicted molar refractivity (Wildman–Crippen MR) is 68.4 cm³/mol. The molecule has 0 aliphatic heterocycles. The Morgan fingerprint density at radius 3 is 2.89 bits per heavy atom. The highest BCUT2D eigenvalue weighted by atomic mass is 32.1. The third kappa shape index (κ3) is 5.62. The van der Waals surface area contributed by atoms with Gasteiger partial charge in [0.2, 0.25) is 0 Å². The number of carbonyl (C=O) groups is 2. The van der Waals surface area contributed by atoms with Gasteiger partial charge in [-0.3, -0.25) is 4.79 Å². The Morgan fingerprint density at radius 2 is 2.28 bits per heavy atom. The number of aromatic nitrogens is 1. The van der Waals surface area contributed by atoms with Gasteiger partial charge in [-0.2, -0.15) is 0 Å². The van der Waals surface area contributed by atoms with Gasteiger partial charge in [0.25, 0.3) is 0 Å². The number of aliphatic carboxylic acids is 1. The smallest absolute Gasteiger partial charge is 0.315 e. The van der Waals surface area contributed by atoms with E-state index in [-0.39, 0.29) is 11.9 Å². The van der Waals surface area contributed by atoms with E-state index in [1.165, 1.54) is 11.3 Å². The number of hydrogen-bond acceptors (Lipinski definition) is 4. The molecule has 1 unspecified atom stereocenters. The zero-order valence-corrected chi connectivity index (χ0v) is 11.0. The first kappa shape index (κ1) is 14.4. The number of carboxylic acids is 1. The van der Waals surface area contributed by atoms with Gasteiger partial charge in [-0.15, -0.1) is 11.3 Å². The second-order valence-electron chi connectivity index (χ2n) is 3.92. The summed E-state index contributed by atoms with van der Waals surface area (Å²) in [7, 11) is 0. The van der Waals surface area contributed by atoms with Crippen molar-refractivity contribution in [1.29, 1.82) is 0 Å². The molecule has 1 rings (SSSR count). The molecule has 0 aliphatic rings. The molecule has 6 nitrogen and oxygen atoms in total. The second-order valence-corrected chi connectivity index (χ2v) is 4.90. The van der Waals surface area contributed by atoms with Crippen molar-refractivity contribution < 1.29 is 14.7 Å². The lowest BCUT2D eigenvalue weighted by Crippen LogP contribution is -2.35. The van der Waals surface area contributed by atoms with Crippen molar-refractivity contribution >= 4 is 23.3 Å². The average Bonchev–Trinajstić information content (AvgIpc) is 2.84. The highest BCUT2D eigenvalue weighted by molar-refractivity contribution is 7.09. The molecule has 7 heteroatoms. The normalized spacial score (nSPS) is 11.8. The number of urea groups is 1. The minimum absolute atomic E-state index is 0.256. The molecular weight excluding hydrogens is 254 g/mol. The summed E-state index contributed by atoms with van der Waals surface area (Å²) in [5, 5.41) is 16.7. The summed E-state index contributed by atoms with van der Waals surface area (Å²) >= 11 is 1.48. The Balaban J connectivity index is 2.05. The van der Waals surface area contributed by atoms with E-state index in [1.54, 1.807) is 13.1 Å². The van der Waals surface area contributed by atoms with Crippen molar-refractivity contribution in [2.75, 3.05) is 6.54 Å². The summed E-state index contributed by atoms with van der Waals surface area (Å²) in [5.74, 6) is -1.17. The van der Waals surface area contributed by atoms with E-state index in [9.17, 15) is 9.59 Å². The number of nitrogens with zero attached hydrogens (tertiary/aromatic N) is 1. The Hall–Kier alpha value is -1.63. The van der Waals surface area contributed by atoms with Gasteiger partial charge in [0, 0.05) is 18.1 Å². The number of carbonyl (C=O) groups excluding carboxylic acids is 1. The molecule has 1 atom stereocenters. The van der Waals surface area contributed by atoms with E-state index < -0.39 is 5.97 Å². The van der Waals surface area contributed by atoms with Crippen LogP contribution in [-0.4, -0.2) is 28.6 Å². The van der Waals surface area contributed by atoms with Crippen LogP contribution in [0.1, 0.15) is 24.8 Å². The van der Waals surface area contributed by atoms with E-state index in [1.807, 2.05) is 5.38 Å². The fourth-order valence-electron chi connectivity index (χ4n) is 1.29. The van der Waals surface area contributed by atoms with E-state index >= 15 is 0 Å². The molecule has 0 aromatic carbocycles. The van der Waals surface area contributed by atoms with Gasteiger partial charge in [0.1, 0.15) is 5.01 Å². The summed E-state index contributed by atoms with van der Waals surface area (Å²) in [6.07, 6.45) is 2.90. The molecule has 0 saturated carbocycles. The molecule has 100 valence electrons. The van der Waals surface area contributed by atoms with Gasteiger partial charge >= 0.3 is 12.0 Å². The fraction of sp³-hybridized carbons (Fsp3) is 0.545. The minimum atomic E-state index is -0.803. The first-order valence-corrected chi connectivity index (χ1v) is 6.60. The lowest BCUT2D eigenvalue weighted by molar-refractivity contribution is -0.141. The second kappa shape index (κ2) is 7.65. The summed E-state index contributed by atoms with van der Waals surface area (Å²) in [4.78, 5) is 25.9. The molecule has 1 aromatic heterocycles. The van der Waals surface area contributed by atoms with E-state index in [4.69, 9.17) is 5.11 Å². The van der Waals surface area contributed by atoms with Crippen LogP contribution >= 0.6 is 11.3 Å². The number of rotatable bonds is 7. The van der Waals surface area contributed by atoms with Crippen molar-refractivity contribution in [2.24, 2.45) is 5.92 Å². The highest BCUT2D eigenvalue weighted by Gasteiger charge is 2.10. The molecule has 0 spiro atoms. The zero-order valence-electron chi connectivity index (χ0n) is 10.2. The fourth-order valence-corrected chi connectivity index (χ4v) is 1.85. The van der Waals surface area contributed by atoms with Crippen molar-refractivity contribution in [3.05, 3.63) is 16.6 Å². The lowest BCUT2D eigenvalue weighted by Gasteiger charge is -2.08. The average molecular weight is 271 g/mol. The summed E-state index contributed by atoms with van der Waals surface area (Å²) in [5.41, 5.74) is 0. The summed E-state index contributed by atoms with van der Waals surface area (Å²) < 4.78 is 0. The number of hydrogen-bond donors (Lipinski definition) is 3. The largest absolute Gasteiger partial charge is 0.481 e. The van der Waals surface area contributed by atoms with Crippen LogP contribution in [0, 0.1) is 5.92 Å². The number of carboxylic acid groups (broad SMARTS) is 1. The Labute approximate surface area is 109 Å². The van der Waals surface area contributed by atoms with Crippen molar-refractivity contribution in [2.45, 2.75) is 26.3 Å². The number of thiazole rings is 1. The molecule has 1 aromatic rings. The van der Waals surface area contributed by atoms with Crippen LogP contribution in [0.25, 0.3) is 0 Å². The van der Waals surface area contributed by atoms with Gasteiger partial charge in [0.05, 0.1) is 12.5 Å². The SMILES string of the molecule is CC(CCCNC(=O)NCc1nccs1)C(=O)O. The maximum atomic E-state index is 11.4. The van der Waals surface area contributed by atoms with E-state index in [2.05, 4.69) is 15.6 Å². The highest BCUT2D eigenvalue weighted by Crippen LogP contribution is 2.04. The lowest BCUT2D eigenvalue weighted by atomic mass is 10.1. The maximum Gasteiger partial charge on any atom is 0.315 e. The van der Waals surface area contributed by atoms with Crippen LogP contribution in [0.2, 0.25) is 0 Å². The summed E-state index contributed by atoms with van der Waals surface area (Å²) in [6, 6.07) is -0.256. The van der Waals surface area contributed by atoms with Gasteiger partial charge in [0.15, 0.2) is 0 Å². The Kier molecular flexibility index (Phi) is 6.13.